The molecule has 0 bridgehead atoms. The lowest BCUT2D eigenvalue weighted by atomic mass is 10.5. The number of rotatable bonds is 0. The Morgan fingerprint density at radius 3 is 2.18 bits per heavy atom. The fraction of sp³-hybridized carbons (Fsp3) is 0.800. The first-order valence-corrected chi connectivity index (χ1v) is 4.18. The molecule has 1 aliphatic rings. The van der Waals surface area contributed by atoms with E-state index < -0.39 is 3.92 Å². The molecular weight excluding hydrogens is 208 g/mol. The Hall–Kier alpha value is 0.140. The van der Waals surface area contributed by atoms with Gasteiger partial charge in [0.2, 0.25) is 0 Å². The van der Waals surface area contributed by atoms with Crippen LogP contribution in [0.2, 0.25) is 0 Å². The van der Waals surface area contributed by atoms with Crippen molar-refractivity contribution in [2.24, 2.45) is 5.10 Å². The molecule has 0 saturated heterocycles. The average molecular weight is 216 g/mol. The monoisotopic (exact) mass is 215 g/mol. The molecule has 0 fully saturated rings. The zero-order chi connectivity index (χ0) is 8.65. The molecule has 0 aliphatic carbocycles. The number of nitrogens with zero attached hydrogens (tertiary/aromatic N) is 3. The lowest BCUT2D eigenvalue weighted by Crippen LogP contribution is -2.42. The zero-order valence-corrected chi connectivity index (χ0v) is 8.40. The fourth-order valence-electron chi connectivity index (χ4n) is 0.787. The fourth-order valence-corrected chi connectivity index (χ4v) is 1.34. The van der Waals surface area contributed by atoms with Crippen LogP contribution in [0.4, 0.5) is 0 Å². The van der Waals surface area contributed by atoms with E-state index in [4.69, 9.17) is 34.8 Å². The van der Waals surface area contributed by atoms with Crippen molar-refractivity contribution in [2.75, 3.05) is 7.05 Å². The van der Waals surface area contributed by atoms with E-state index in [0.29, 0.717) is 0 Å². The normalized spacial score (nSPS) is 25.0. The molecule has 0 spiro atoms. The minimum absolute atomic E-state index is 0.0116. The first kappa shape index (κ1) is 9.23. The van der Waals surface area contributed by atoms with Gasteiger partial charge < -0.3 is 0 Å². The molecule has 3 nitrogen and oxygen atoms in total. The van der Waals surface area contributed by atoms with Gasteiger partial charge >= 0.3 is 0 Å². The van der Waals surface area contributed by atoms with Crippen molar-refractivity contribution in [1.82, 2.24) is 9.91 Å². The van der Waals surface area contributed by atoms with Crippen LogP contribution >= 0.6 is 34.8 Å². The van der Waals surface area contributed by atoms with Gasteiger partial charge in [0.05, 0.1) is 0 Å². The van der Waals surface area contributed by atoms with Gasteiger partial charge in [-0.3, -0.25) is 9.91 Å². The summed E-state index contributed by atoms with van der Waals surface area (Å²) in [5, 5.41) is 5.66. The quantitative estimate of drug-likeness (QED) is 0.455. The van der Waals surface area contributed by atoms with Gasteiger partial charge in [0.15, 0.2) is 0 Å². The maximum atomic E-state index is 5.64. The van der Waals surface area contributed by atoms with Crippen molar-refractivity contribution in [3.8, 4) is 0 Å². The van der Waals surface area contributed by atoms with Crippen molar-refractivity contribution >= 4 is 41.1 Å². The van der Waals surface area contributed by atoms with E-state index in [1.54, 1.807) is 5.01 Å². The Balaban J connectivity index is 2.70. The van der Waals surface area contributed by atoms with Crippen molar-refractivity contribution in [3.05, 3.63) is 0 Å². The van der Waals surface area contributed by atoms with Crippen LogP contribution in [0.25, 0.3) is 0 Å². The summed E-state index contributed by atoms with van der Waals surface area (Å²) in [7, 11) is 1.82. The second-order valence-corrected chi connectivity index (χ2v) is 4.53. The summed E-state index contributed by atoms with van der Waals surface area (Å²) >= 11 is 16.9. The molecule has 1 atom stereocenters. The lowest BCUT2D eigenvalue weighted by Gasteiger charge is -2.30. The van der Waals surface area contributed by atoms with Gasteiger partial charge in [-0.25, -0.2) is 0 Å². The van der Waals surface area contributed by atoms with Gasteiger partial charge in [0.25, 0.3) is 3.92 Å². The average Bonchev–Trinajstić information content (AvgIpc) is 2.11. The van der Waals surface area contributed by atoms with Crippen LogP contribution in [-0.4, -0.2) is 33.4 Å². The molecule has 0 radical (unpaired) electrons. The van der Waals surface area contributed by atoms with Crippen LogP contribution in [0, 0.1) is 0 Å². The van der Waals surface area contributed by atoms with Gasteiger partial charge in [-0.2, -0.15) is 5.10 Å². The van der Waals surface area contributed by atoms with E-state index in [-0.39, 0.29) is 6.17 Å². The smallest absolute Gasteiger partial charge is 0.270 e. The topological polar surface area (TPSA) is 18.8 Å². The third-order valence-electron chi connectivity index (χ3n) is 1.59. The lowest BCUT2D eigenvalue weighted by molar-refractivity contribution is 0.178. The highest BCUT2D eigenvalue weighted by molar-refractivity contribution is 6.67. The Bertz CT molecular complexity index is 176. The predicted molar refractivity (Wildman–Crippen MR) is 47.8 cm³/mol. The second kappa shape index (κ2) is 2.88. The number of halogens is 3. The van der Waals surface area contributed by atoms with E-state index in [1.807, 2.05) is 14.0 Å². The second-order valence-electron chi connectivity index (χ2n) is 2.31. The summed E-state index contributed by atoms with van der Waals surface area (Å²) < 4.78 is -1.41. The van der Waals surface area contributed by atoms with Crippen LogP contribution in [-0.2, 0) is 0 Å². The summed E-state index contributed by atoms with van der Waals surface area (Å²) in [4.78, 5) is 1.54. The predicted octanol–water partition coefficient (Wildman–Crippen LogP) is 1.85. The Morgan fingerprint density at radius 2 is 2.00 bits per heavy atom. The molecule has 0 N–H and O–H groups in total. The maximum absolute atomic E-state index is 5.64. The number of hydrazone groups is 1. The molecule has 1 aliphatic heterocycles. The van der Waals surface area contributed by atoms with Crippen molar-refractivity contribution < 1.29 is 0 Å². The zero-order valence-electron chi connectivity index (χ0n) is 6.13. The molecule has 1 rings (SSSR count). The van der Waals surface area contributed by atoms with Crippen LogP contribution in [0.1, 0.15) is 6.92 Å². The van der Waals surface area contributed by atoms with E-state index in [0.717, 1.165) is 0 Å². The van der Waals surface area contributed by atoms with Crippen molar-refractivity contribution in [3.63, 3.8) is 0 Å². The number of hydrogen-bond donors (Lipinski definition) is 0. The highest BCUT2D eigenvalue weighted by Gasteiger charge is 2.35. The maximum Gasteiger partial charge on any atom is 0.270 e. The molecule has 0 aromatic carbocycles. The summed E-state index contributed by atoms with van der Waals surface area (Å²) in [6.07, 6.45) is 1.50. The highest BCUT2D eigenvalue weighted by atomic mass is 35.6. The van der Waals surface area contributed by atoms with Gasteiger partial charge in [0.1, 0.15) is 12.5 Å². The summed E-state index contributed by atoms with van der Waals surface area (Å²) in [6.45, 7) is 1.90. The summed E-state index contributed by atoms with van der Waals surface area (Å²) in [6, 6.07) is 0. The van der Waals surface area contributed by atoms with E-state index in [2.05, 4.69) is 5.10 Å². The third kappa shape index (κ3) is 1.83. The van der Waals surface area contributed by atoms with E-state index in [1.165, 1.54) is 11.2 Å². The van der Waals surface area contributed by atoms with Crippen LogP contribution in [0.3, 0.4) is 0 Å². The Morgan fingerprint density at radius 1 is 1.45 bits per heavy atom. The van der Waals surface area contributed by atoms with Crippen LogP contribution < -0.4 is 0 Å². The van der Waals surface area contributed by atoms with Crippen LogP contribution in [0.5, 0.6) is 0 Å². The Kier molecular flexibility index (Phi) is 2.42. The summed E-state index contributed by atoms with van der Waals surface area (Å²) in [5.41, 5.74) is 0. The minimum Gasteiger partial charge on any atom is -0.295 e. The highest BCUT2D eigenvalue weighted by Crippen LogP contribution is 2.33. The molecular formula is C5H8Cl3N3. The molecule has 6 heteroatoms. The van der Waals surface area contributed by atoms with Gasteiger partial charge in [-0.05, 0) is 6.92 Å². The molecule has 1 heterocycles. The van der Waals surface area contributed by atoms with E-state index in [9.17, 15) is 0 Å². The van der Waals surface area contributed by atoms with Crippen LogP contribution in [0.15, 0.2) is 5.10 Å². The standard InChI is InChI=1S/C5H8Cl3N3/c1-4-10(2)9-3-11(4)5(6,7)8/h3-4H,1-2H3. The molecule has 0 saturated carbocycles. The molecule has 0 amide bonds. The first-order valence-electron chi connectivity index (χ1n) is 3.05. The number of hydrogen-bond acceptors (Lipinski definition) is 3. The molecule has 0 aromatic rings. The largest absolute Gasteiger partial charge is 0.295 e. The molecule has 1 unspecified atom stereocenters. The van der Waals surface area contributed by atoms with Gasteiger partial charge in [-0.15, -0.1) is 0 Å². The Labute approximate surface area is 80.5 Å². The SMILES string of the molecule is CC1N(C)N=CN1C(Cl)(Cl)Cl. The van der Waals surface area contributed by atoms with Gasteiger partial charge in [-0.1, -0.05) is 34.8 Å². The van der Waals surface area contributed by atoms with Crippen molar-refractivity contribution in [1.29, 1.82) is 0 Å². The third-order valence-corrected chi connectivity index (χ3v) is 2.18. The minimum atomic E-state index is -1.41. The number of alkyl halides is 3. The summed E-state index contributed by atoms with van der Waals surface area (Å²) in [5.74, 6) is 0. The first-order chi connectivity index (χ1) is 4.93. The molecule has 0 aromatic heterocycles. The van der Waals surface area contributed by atoms with Gasteiger partial charge in [0, 0.05) is 7.05 Å². The van der Waals surface area contributed by atoms with Crippen molar-refractivity contribution in [2.45, 2.75) is 17.0 Å². The molecule has 11 heavy (non-hydrogen) atoms. The molecule has 64 valence electrons. The van der Waals surface area contributed by atoms with E-state index >= 15 is 0 Å².